The van der Waals surface area contributed by atoms with Crippen LogP contribution < -0.4 is 10.1 Å². The van der Waals surface area contributed by atoms with E-state index in [0.717, 1.165) is 17.0 Å². The third-order valence-electron chi connectivity index (χ3n) is 3.03. The van der Waals surface area contributed by atoms with Crippen LogP contribution in [0.3, 0.4) is 0 Å². The van der Waals surface area contributed by atoms with Gasteiger partial charge in [0.15, 0.2) is 0 Å². The van der Waals surface area contributed by atoms with Gasteiger partial charge in [-0.2, -0.15) is 0 Å². The Labute approximate surface area is 136 Å². The van der Waals surface area contributed by atoms with E-state index in [9.17, 15) is 4.79 Å². The third kappa shape index (κ3) is 5.11. The number of methoxy groups -OCH3 is 1. The highest BCUT2D eigenvalue weighted by atomic mass is 32.2. The lowest BCUT2D eigenvalue weighted by molar-refractivity contribution is -0.115. The van der Waals surface area contributed by atoms with Crippen molar-refractivity contribution in [3.63, 3.8) is 0 Å². The van der Waals surface area contributed by atoms with Crippen LogP contribution in [0.2, 0.25) is 0 Å². The van der Waals surface area contributed by atoms with E-state index < -0.39 is 0 Å². The summed E-state index contributed by atoms with van der Waals surface area (Å²) >= 11 is 1.82. The van der Waals surface area contributed by atoms with E-state index in [1.165, 1.54) is 4.90 Å². The fraction of sp³-hybridized carbons (Fsp3) is 0.278. The van der Waals surface area contributed by atoms with Crippen LogP contribution in [-0.4, -0.2) is 18.3 Å². The molecule has 4 heteroatoms. The predicted octanol–water partition coefficient (Wildman–Crippen LogP) is 4.38. The van der Waals surface area contributed by atoms with Crippen molar-refractivity contribution in [2.75, 3.05) is 12.4 Å². The zero-order valence-electron chi connectivity index (χ0n) is 13.1. The molecule has 0 heterocycles. The van der Waals surface area contributed by atoms with Crippen LogP contribution in [0, 0.1) is 0 Å². The first kappa shape index (κ1) is 16.4. The maximum absolute atomic E-state index is 12.1. The molecule has 0 spiro atoms. The SMILES string of the molecule is COc1ccc(NC(=O)Cc2ccc(SC(C)C)cc2)cc1. The number of hydrogen-bond donors (Lipinski definition) is 1. The molecule has 0 unspecified atom stereocenters. The van der Waals surface area contributed by atoms with E-state index >= 15 is 0 Å². The van der Waals surface area contributed by atoms with Gasteiger partial charge in [-0.15, -0.1) is 11.8 Å². The van der Waals surface area contributed by atoms with E-state index in [4.69, 9.17) is 4.74 Å². The molecule has 0 aliphatic carbocycles. The van der Waals surface area contributed by atoms with Crippen molar-refractivity contribution in [2.24, 2.45) is 0 Å². The predicted molar refractivity (Wildman–Crippen MR) is 92.8 cm³/mol. The zero-order chi connectivity index (χ0) is 15.9. The highest BCUT2D eigenvalue weighted by Gasteiger charge is 2.05. The summed E-state index contributed by atoms with van der Waals surface area (Å²) < 4.78 is 5.09. The highest BCUT2D eigenvalue weighted by Crippen LogP contribution is 2.23. The van der Waals surface area contributed by atoms with Crippen molar-refractivity contribution in [3.05, 3.63) is 54.1 Å². The van der Waals surface area contributed by atoms with Gasteiger partial charge in [0.25, 0.3) is 0 Å². The maximum atomic E-state index is 12.1. The second-order valence-corrected chi connectivity index (χ2v) is 6.91. The van der Waals surface area contributed by atoms with Gasteiger partial charge in [-0.05, 0) is 42.0 Å². The zero-order valence-corrected chi connectivity index (χ0v) is 13.9. The topological polar surface area (TPSA) is 38.3 Å². The second-order valence-electron chi connectivity index (χ2n) is 5.26. The number of ether oxygens (including phenoxy) is 1. The van der Waals surface area contributed by atoms with Gasteiger partial charge in [-0.1, -0.05) is 26.0 Å². The largest absolute Gasteiger partial charge is 0.497 e. The Bertz CT molecular complexity index is 606. The number of nitrogens with one attached hydrogen (secondary N) is 1. The summed E-state index contributed by atoms with van der Waals surface area (Å²) in [5.74, 6) is 0.755. The number of rotatable bonds is 6. The van der Waals surface area contributed by atoms with E-state index in [-0.39, 0.29) is 5.91 Å². The van der Waals surface area contributed by atoms with Gasteiger partial charge in [0.1, 0.15) is 5.75 Å². The van der Waals surface area contributed by atoms with Crippen LogP contribution in [0.1, 0.15) is 19.4 Å². The van der Waals surface area contributed by atoms with Gasteiger partial charge in [-0.25, -0.2) is 0 Å². The molecular formula is C18H21NO2S. The molecule has 0 saturated heterocycles. The summed E-state index contributed by atoms with van der Waals surface area (Å²) in [6, 6.07) is 15.5. The van der Waals surface area contributed by atoms with E-state index in [1.807, 2.05) is 48.2 Å². The Hall–Kier alpha value is -1.94. The van der Waals surface area contributed by atoms with E-state index in [0.29, 0.717) is 11.7 Å². The summed E-state index contributed by atoms with van der Waals surface area (Å²) in [6.07, 6.45) is 0.374. The van der Waals surface area contributed by atoms with Gasteiger partial charge >= 0.3 is 0 Å². The van der Waals surface area contributed by atoms with Crippen LogP contribution in [-0.2, 0) is 11.2 Å². The van der Waals surface area contributed by atoms with Crippen molar-refractivity contribution in [1.29, 1.82) is 0 Å². The maximum Gasteiger partial charge on any atom is 0.228 e. The fourth-order valence-electron chi connectivity index (χ4n) is 2.02. The van der Waals surface area contributed by atoms with Gasteiger partial charge in [0.05, 0.1) is 13.5 Å². The molecule has 0 radical (unpaired) electrons. The fourth-order valence-corrected chi connectivity index (χ4v) is 2.86. The smallest absolute Gasteiger partial charge is 0.228 e. The van der Waals surface area contributed by atoms with Crippen LogP contribution in [0.25, 0.3) is 0 Å². The Morgan fingerprint density at radius 1 is 1.09 bits per heavy atom. The number of hydrogen-bond acceptors (Lipinski definition) is 3. The molecule has 0 aliphatic rings. The Morgan fingerprint density at radius 2 is 1.73 bits per heavy atom. The number of thioether (sulfide) groups is 1. The van der Waals surface area contributed by atoms with E-state index in [2.05, 4.69) is 31.3 Å². The number of carbonyl (C=O) groups is 1. The Balaban J connectivity index is 1.90. The molecule has 3 nitrogen and oxygen atoms in total. The van der Waals surface area contributed by atoms with Crippen molar-refractivity contribution >= 4 is 23.4 Å². The van der Waals surface area contributed by atoms with Gasteiger partial charge in [0.2, 0.25) is 5.91 Å². The Kier molecular flexibility index (Phi) is 5.90. The number of benzene rings is 2. The van der Waals surface area contributed by atoms with Crippen LogP contribution in [0.4, 0.5) is 5.69 Å². The number of amides is 1. The quantitative estimate of drug-likeness (QED) is 0.804. The molecule has 2 aromatic carbocycles. The van der Waals surface area contributed by atoms with Crippen LogP contribution >= 0.6 is 11.8 Å². The van der Waals surface area contributed by atoms with Gasteiger partial charge < -0.3 is 10.1 Å². The van der Waals surface area contributed by atoms with Crippen molar-refractivity contribution in [2.45, 2.75) is 30.4 Å². The van der Waals surface area contributed by atoms with Gasteiger partial charge in [-0.3, -0.25) is 4.79 Å². The first-order valence-corrected chi connectivity index (χ1v) is 8.14. The number of carbonyl (C=O) groups excluding carboxylic acids is 1. The molecule has 116 valence electrons. The summed E-state index contributed by atoms with van der Waals surface area (Å²) in [4.78, 5) is 13.3. The lowest BCUT2D eigenvalue weighted by Crippen LogP contribution is -2.14. The molecule has 2 rings (SSSR count). The molecular weight excluding hydrogens is 294 g/mol. The third-order valence-corrected chi connectivity index (χ3v) is 4.05. The summed E-state index contributed by atoms with van der Waals surface area (Å²) in [5, 5.41) is 3.45. The minimum atomic E-state index is -0.0190. The molecule has 22 heavy (non-hydrogen) atoms. The highest BCUT2D eigenvalue weighted by molar-refractivity contribution is 7.99. The molecule has 2 aromatic rings. The molecule has 1 N–H and O–H groups in total. The summed E-state index contributed by atoms with van der Waals surface area (Å²) in [7, 11) is 1.62. The first-order valence-electron chi connectivity index (χ1n) is 7.26. The minimum Gasteiger partial charge on any atom is -0.497 e. The monoisotopic (exact) mass is 315 g/mol. The van der Waals surface area contributed by atoms with Crippen molar-refractivity contribution < 1.29 is 9.53 Å². The van der Waals surface area contributed by atoms with Crippen molar-refractivity contribution in [1.82, 2.24) is 0 Å². The Morgan fingerprint density at radius 3 is 2.27 bits per heavy atom. The molecule has 0 aliphatic heterocycles. The second kappa shape index (κ2) is 7.90. The normalized spacial score (nSPS) is 10.5. The molecule has 1 amide bonds. The lowest BCUT2D eigenvalue weighted by atomic mass is 10.1. The molecule has 0 saturated carbocycles. The van der Waals surface area contributed by atoms with Gasteiger partial charge in [0, 0.05) is 15.8 Å². The van der Waals surface area contributed by atoms with E-state index in [1.54, 1.807) is 7.11 Å². The summed E-state index contributed by atoms with van der Waals surface area (Å²) in [6.45, 7) is 4.34. The summed E-state index contributed by atoms with van der Waals surface area (Å²) in [5.41, 5.74) is 1.79. The molecule has 0 fully saturated rings. The first-order chi connectivity index (χ1) is 10.6. The van der Waals surface area contributed by atoms with Crippen LogP contribution in [0.5, 0.6) is 5.75 Å². The average Bonchev–Trinajstić information content (AvgIpc) is 2.49. The van der Waals surface area contributed by atoms with Crippen molar-refractivity contribution in [3.8, 4) is 5.75 Å². The molecule has 0 atom stereocenters. The van der Waals surface area contributed by atoms with Crippen LogP contribution in [0.15, 0.2) is 53.4 Å². The molecule has 0 bridgehead atoms. The minimum absolute atomic E-state index is 0.0190. The number of anilines is 1. The average molecular weight is 315 g/mol. The standard InChI is InChI=1S/C18H21NO2S/c1-13(2)22-17-10-4-14(5-11-17)12-18(20)19-15-6-8-16(21-3)9-7-15/h4-11,13H,12H2,1-3H3,(H,19,20). The lowest BCUT2D eigenvalue weighted by Gasteiger charge is -2.08. The molecule has 0 aromatic heterocycles.